The molecule has 0 spiro atoms. The SMILES string of the molecule is C=C(C)C(=O)OCCCCCC(O)CCCCO.O=C(C=CC(=O)OCC(Cl)CCCCCO)OCC(Cl)CCCCCO. The Bertz CT molecular complexity index is 727. The Morgan fingerprint density at radius 2 is 1.02 bits per heavy atom. The molecule has 0 radical (unpaired) electrons. The zero-order valence-electron chi connectivity index (χ0n) is 26.4. The zero-order chi connectivity index (χ0) is 33.4. The second-order valence-corrected chi connectivity index (χ2v) is 11.8. The highest BCUT2D eigenvalue weighted by Gasteiger charge is 2.10. The number of unbranched alkanes of at least 4 members (excludes halogenated alkanes) is 7. The molecule has 258 valence electrons. The summed E-state index contributed by atoms with van der Waals surface area (Å²) in [4.78, 5) is 34.1. The number of alkyl halides is 2. The lowest BCUT2D eigenvalue weighted by Gasteiger charge is -2.09. The average Bonchev–Trinajstić information content (AvgIpc) is 3.00. The van der Waals surface area contributed by atoms with Gasteiger partial charge in [-0.05, 0) is 71.1 Å². The van der Waals surface area contributed by atoms with Crippen molar-refractivity contribution >= 4 is 41.1 Å². The van der Waals surface area contributed by atoms with Crippen molar-refractivity contribution in [2.24, 2.45) is 0 Å². The number of aliphatic hydroxyl groups is 4. The molecule has 44 heavy (non-hydrogen) atoms. The van der Waals surface area contributed by atoms with E-state index in [1.165, 1.54) is 0 Å². The van der Waals surface area contributed by atoms with Crippen LogP contribution in [0.2, 0.25) is 0 Å². The molecule has 0 bridgehead atoms. The molecule has 0 aliphatic carbocycles. The molecule has 0 fully saturated rings. The van der Waals surface area contributed by atoms with E-state index in [1.807, 2.05) is 0 Å². The Kier molecular flexibility index (Phi) is 33.0. The fraction of sp³-hybridized carbons (Fsp3) is 0.781. The lowest BCUT2D eigenvalue weighted by molar-refractivity contribution is -0.140. The van der Waals surface area contributed by atoms with Gasteiger partial charge in [-0.2, -0.15) is 0 Å². The lowest BCUT2D eigenvalue weighted by atomic mass is 10.1. The highest BCUT2D eigenvalue weighted by atomic mass is 35.5. The normalized spacial score (nSPS) is 13.0. The molecule has 0 aliphatic heterocycles. The molecule has 0 saturated heterocycles. The minimum Gasteiger partial charge on any atom is -0.462 e. The van der Waals surface area contributed by atoms with Gasteiger partial charge in [0.15, 0.2) is 0 Å². The minimum atomic E-state index is -0.658. The number of hydrogen-bond donors (Lipinski definition) is 4. The van der Waals surface area contributed by atoms with Crippen LogP contribution in [0.1, 0.15) is 103 Å². The fourth-order valence-corrected chi connectivity index (χ4v) is 4.07. The van der Waals surface area contributed by atoms with E-state index in [4.69, 9.17) is 52.7 Å². The molecule has 12 heteroatoms. The van der Waals surface area contributed by atoms with Crippen LogP contribution >= 0.6 is 23.2 Å². The standard InChI is InChI=1S/C18H30Cl2O6.C14H26O4/c19-15(7-3-1-5-11-21)13-25-17(23)9-10-18(24)26-14-16(20)8-4-2-6-12-22;1-12(2)14(17)18-11-7-3-4-8-13(16)9-5-6-10-15/h9-10,15-16,21-22H,1-8,11-14H2;13,15-16H,1,3-11H2,2H3. The third-order valence-electron chi connectivity index (χ3n) is 6.23. The monoisotopic (exact) mass is 670 g/mol. The zero-order valence-corrected chi connectivity index (χ0v) is 27.9. The molecule has 10 nitrogen and oxygen atoms in total. The topological polar surface area (TPSA) is 160 Å². The highest BCUT2D eigenvalue weighted by Crippen LogP contribution is 2.12. The summed E-state index contributed by atoms with van der Waals surface area (Å²) in [6, 6.07) is 0. The van der Waals surface area contributed by atoms with Gasteiger partial charge >= 0.3 is 17.9 Å². The molecule has 0 saturated carbocycles. The highest BCUT2D eigenvalue weighted by molar-refractivity contribution is 6.21. The van der Waals surface area contributed by atoms with Gasteiger partial charge in [0.2, 0.25) is 0 Å². The molecule has 0 amide bonds. The quantitative estimate of drug-likeness (QED) is 0.0303. The number of ether oxygens (including phenoxy) is 3. The predicted octanol–water partition coefficient (Wildman–Crippen LogP) is 5.14. The summed E-state index contributed by atoms with van der Waals surface area (Å²) in [7, 11) is 0. The number of hydrogen-bond acceptors (Lipinski definition) is 10. The maximum Gasteiger partial charge on any atom is 0.333 e. The third-order valence-corrected chi connectivity index (χ3v) is 6.92. The molecule has 0 aromatic rings. The Labute approximate surface area is 273 Å². The van der Waals surface area contributed by atoms with Gasteiger partial charge in [-0.1, -0.05) is 38.7 Å². The van der Waals surface area contributed by atoms with Crippen LogP contribution in [0.15, 0.2) is 24.3 Å². The Hall–Kier alpha value is -1.69. The van der Waals surface area contributed by atoms with Crippen molar-refractivity contribution in [3.05, 3.63) is 24.3 Å². The van der Waals surface area contributed by atoms with Crippen molar-refractivity contribution in [3.63, 3.8) is 0 Å². The second kappa shape index (κ2) is 32.7. The van der Waals surface area contributed by atoms with Crippen LogP contribution in [0.4, 0.5) is 0 Å². The summed E-state index contributed by atoms with van der Waals surface area (Å²) in [6.45, 7) is 6.21. The summed E-state index contributed by atoms with van der Waals surface area (Å²) >= 11 is 12.1. The number of halogens is 2. The summed E-state index contributed by atoms with van der Waals surface area (Å²) in [5, 5.41) is 35.0. The summed E-state index contributed by atoms with van der Waals surface area (Å²) in [6.07, 6.45) is 13.9. The lowest BCUT2D eigenvalue weighted by Crippen LogP contribution is -2.14. The van der Waals surface area contributed by atoms with Crippen molar-refractivity contribution in [1.82, 2.24) is 0 Å². The van der Waals surface area contributed by atoms with Crippen molar-refractivity contribution in [2.45, 2.75) is 120 Å². The minimum absolute atomic E-state index is 0.0660. The van der Waals surface area contributed by atoms with Gasteiger partial charge < -0.3 is 34.6 Å². The molecule has 4 N–H and O–H groups in total. The van der Waals surface area contributed by atoms with Crippen LogP contribution in [0, 0.1) is 0 Å². The molecule has 0 heterocycles. The Balaban J connectivity index is 0. The molecule has 3 atom stereocenters. The van der Waals surface area contributed by atoms with Crippen molar-refractivity contribution < 1.29 is 49.0 Å². The van der Waals surface area contributed by atoms with Crippen molar-refractivity contribution in [1.29, 1.82) is 0 Å². The predicted molar refractivity (Wildman–Crippen MR) is 173 cm³/mol. The van der Waals surface area contributed by atoms with Gasteiger partial charge in [0.25, 0.3) is 0 Å². The first-order valence-electron chi connectivity index (χ1n) is 15.7. The van der Waals surface area contributed by atoms with Gasteiger partial charge in [0.05, 0.1) is 23.5 Å². The summed E-state index contributed by atoms with van der Waals surface area (Å²) in [5.74, 6) is -1.65. The van der Waals surface area contributed by atoms with E-state index in [0.717, 1.165) is 95.6 Å². The van der Waals surface area contributed by atoms with Gasteiger partial charge in [0.1, 0.15) is 13.2 Å². The maximum atomic E-state index is 11.5. The first-order valence-corrected chi connectivity index (χ1v) is 16.6. The first kappa shape index (κ1) is 44.4. The Morgan fingerprint density at radius 3 is 1.45 bits per heavy atom. The summed E-state index contributed by atoms with van der Waals surface area (Å²) < 4.78 is 14.9. The van der Waals surface area contributed by atoms with Crippen LogP contribution in [0.5, 0.6) is 0 Å². The van der Waals surface area contributed by atoms with Gasteiger partial charge in [-0.3, -0.25) is 0 Å². The number of aliphatic hydroxyl groups excluding tert-OH is 4. The molecular weight excluding hydrogens is 615 g/mol. The van der Waals surface area contributed by atoms with Crippen LogP contribution in [0.25, 0.3) is 0 Å². The molecule has 0 rings (SSSR count). The number of carbonyl (C=O) groups excluding carboxylic acids is 3. The smallest absolute Gasteiger partial charge is 0.333 e. The Morgan fingerprint density at radius 1 is 0.636 bits per heavy atom. The van der Waals surface area contributed by atoms with Crippen LogP contribution in [-0.2, 0) is 28.6 Å². The van der Waals surface area contributed by atoms with E-state index in [-0.39, 0.29) is 55.9 Å². The fourth-order valence-electron chi connectivity index (χ4n) is 3.64. The number of esters is 3. The average molecular weight is 672 g/mol. The third kappa shape index (κ3) is 33.2. The summed E-state index contributed by atoms with van der Waals surface area (Å²) in [5.41, 5.74) is 0.425. The van der Waals surface area contributed by atoms with Crippen molar-refractivity contribution in [2.75, 3.05) is 39.6 Å². The van der Waals surface area contributed by atoms with Gasteiger partial charge in [0, 0.05) is 37.5 Å². The van der Waals surface area contributed by atoms with E-state index >= 15 is 0 Å². The van der Waals surface area contributed by atoms with Crippen molar-refractivity contribution in [3.8, 4) is 0 Å². The number of carbonyl (C=O) groups is 3. The molecule has 0 aromatic heterocycles. The second-order valence-electron chi connectivity index (χ2n) is 10.6. The van der Waals surface area contributed by atoms with E-state index in [2.05, 4.69) is 6.58 Å². The van der Waals surface area contributed by atoms with E-state index in [0.29, 0.717) is 25.0 Å². The van der Waals surface area contributed by atoms with Crippen LogP contribution in [-0.4, -0.2) is 94.8 Å². The first-order chi connectivity index (χ1) is 21.1. The molecular formula is C32H56Cl2O10. The molecule has 0 aliphatic rings. The van der Waals surface area contributed by atoms with Crippen LogP contribution in [0.3, 0.4) is 0 Å². The van der Waals surface area contributed by atoms with E-state index < -0.39 is 11.9 Å². The van der Waals surface area contributed by atoms with E-state index in [9.17, 15) is 19.5 Å². The molecule has 3 unspecified atom stereocenters. The van der Waals surface area contributed by atoms with Crippen LogP contribution < -0.4 is 0 Å². The van der Waals surface area contributed by atoms with E-state index in [1.54, 1.807) is 6.92 Å². The van der Waals surface area contributed by atoms with Gasteiger partial charge in [-0.25, -0.2) is 14.4 Å². The largest absolute Gasteiger partial charge is 0.462 e. The number of rotatable bonds is 27. The molecule has 0 aromatic carbocycles. The maximum absolute atomic E-state index is 11.5. The van der Waals surface area contributed by atoms with Gasteiger partial charge in [-0.15, -0.1) is 23.2 Å².